The van der Waals surface area contributed by atoms with Crippen LogP contribution >= 0.6 is 0 Å². The minimum Gasteiger partial charge on any atom is -0.360 e. The van der Waals surface area contributed by atoms with E-state index in [0.29, 0.717) is 5.92 Å². The van der Waals surface area contributed by atoms with Crippen LogP contribution in [0.3, 0.4) is 0 Å². The van der Waals surface area contributed by atoms with Gasteiger partial charge in [-0.05, 0) is 29.7 Å². The molecule has 0 spiro atoms. The minimum absolute atomic E-state index is 0.532. The Kier molecular flexibility index (Phi) is 1.43. The van der Waals surface area contributed by atoms with Crippen LogP contribution in [0.5, 0.6) is 0 Å². The van der Waals surface area contributed by atoms with Crippen molar-refractivity contribution in [2.45, 2.75) is 12.3 Å². The molecular formula is C14H12N2. The average Bonchev–Trinajstić information content (AvgIpc) is 2.85. The predicted molar refractivity (Wildman–Crippen MR) is 64.8 cm³/mol. The number of nitrogens with one attached hydrogen (secondary N) is 2. The van der Waals surface area contributed by atoms with Crippen molar-refractivity contribution >= 4 is 5.69 Å². The molecule has 0 saturated carbocycles. The highest BCUT2D eigenvalue weighted by molar-refractivity contribution is 5.70. The first-order valence-corrected chi connectivity index (χ1v) is 5.66. The van der Waals surface area contributed by atoms with Gasteiger partial charge in [-0.25, -0.2) is 0 Å². The Bertz CT molecular complexity index is 564. The van der Waals surface area contributed by atoms with Crippen molar-refractivity contribution in [2.75, 3.05) is 5.32 Å². The van der Waals surface area contributed by atoms with Crippen molar-refractivity contribution in [1.82, 2.24) is 5.32 Å². The topological polar surface area (TPSA) is 24.1 Å². The third-order valence-electron chi connectivity index (χ3n) is 3.59. The summed E-state index contributed by atoms with van der Waals surface area (Å²) in [6, 6.07) is 8.59. The molecule has 0 radical (unpaired) electrons. The maximum absolute atomic E-state index is 3.54. The zero-order chi connectivity index (χ0) is 10.5. The van der Waals surface area contributed by atoms with Crippen LogP contribution in [0, 0.1) is 0 Å². The molecule has 2 heterocycles. The van der Waals surface area contributed by atoms with Gasteiger partial charge in [-0.2, -0.15) is 0 Å². The summed E-state index contributed by atoms with van der Waals surface area (Å²) in [5.74, 6) is 0.532. The number of rotatable bonds is 0. The monoisotopic (exact) mass is 208 g/mol. The summed E-state index contributed by atoms with van der Waals surface area (Å²) < 4.78 is 0. The van der Waals surface area contributed by atoms with Gasteiger partial charge in [0.15, 0.2) is 0 Å². The van der Waals surface area contributed by atoms with Crippen LogP contribution in [0.1, 0.15) is 17.9 Å². The van der Waals surface area contributed by atoms with Crippen molar-refractivity contribution in [2.24, 2.45) is 0 Å². The molecule has 2 N–H and O–H groups in total. The largest absolute Gasteiger partial charge is 0.360 e. The second-order valence-corrected chi connectivity index (χ2v) is 4.45. The highest BCUT2D eigenvalue weighted by Crippen LogP contribution is 2.49. The molecule has 1 atom stereocenters. The fourth-order valence-electron chi connectivity index (χ4n) is 2.86. The maximum Gasteiger partial charge on any atom is 0.0615 e. The van der Waals surface area contributed by atoms with Gasteiger partial charge in [0.1, 0.15) is 0 Å². The molecule has 78 valence electrons. The molecule has 2 heteroatoms. The third-order valence-corrected chi connectivity index (χ3v) is 3.59. The first-order chi connectivity index (χ1) is 7.93. The molecule has 0 fully saturated rings. The van der Waals surface area contributed by atoms with Crippen LogP contribution in [0.4, 0.5) is 5.69 Å². The van der Waals surface area contributed by atoms with Gasteiger partial charge in [-0.1, -0.05) is 24.3 Å². The SMILES string of the molecule is C1=CNC2=C3Nc4ccccc4C3CC2=C1. The van der Waals surface area contributed by atoms with E-state index >= 15 is 0 Å². The van der Waals surface area contributed by atoms with Crippen LogP contribution in [0.2, 0.25) is 0 Å². The van der Waals surface area contributed by atoms with Crippen molar-refractivity contribution in [3.8, 4) is 0 Å². The van der Waals surface area contributed by atoms with Gasteiger partial charge in [0.05, 0.1) is 5.70 Å². The summed E-state index contributed by atoms with van der Waals surface area (Å²) in [5.41, 5.74) is 6.75. The van der Waals surface area contributed by atoms with Crippen LogP contribution in [0.15, 0.2) is 59.6 Å². The highest BCUT2D eigenvalue weighted by Gasteiger charge is 2.36. The fourth-order valence-corrected chi connectivity index (χ4v) is 2.86. The lowest BCUT2D eigenvalue weighted by molar-refractivity contribution is 0.867. The van der Waals surface area contributed by atoms with Gasteiger partial charge in [-0.3, -0.25) is 0 Å². The molecule has 1 aromatic carbocycles. The van der Waals surface area contributed by atoms with E-state index in [-0.39, 0.29) is 0 Å². The van der Waals surface area contributed by atoms with Gasteiger partial charge in [-0.15, -0.1) is 0 Å². The number of dihydropyridines is 1. The molecule has 3 aliphatic rings. The Morgan fingerprint density at radius 2 is 2.12 bits per heavy atom. The van der Waals surface area contributed by atoms with Gasteiger partial charge < -0.3 is 10.6 Å². The molecule has 0 saturated heterocycles. The van der Waals surface area contributed by atoms with Crippen LogP contribution in [-0.2, 0) is 0 Å². The maximum atomic E-state index is 3.54. The van der Waals surface area contributed by atoms with Crippen molar-refractivity contribution in [3.63, 3.8) is 0 Å². The Morgan fingerprint density at radius 1 is 1.19 bits per heavy atom. The Hall–Kier alpha value is -1.96. The predicted octanol–water partition coefficient (Wildman–Crippen LogP) is 2.85. The van der Waals surface area contributed by atoms with Crippen LogP contribution in [0.25, 0.3) is 0 Å². The molecule has 1 unspecified atom stereocenters. The average molecular weight is 208 g/mol. The summed E-state index contributed by atoms with van der Waals surface area (Å²) in [6.45, 7) is 0. The standard InChI is InChI=1S/C14H12N2/c1-2-6-12-10(5-1)11-8-9-4-3-7-15-13(9)14(11)16-12/h1-7,11,15-16H,8H2. The van der Waals surface area contributed by atoms with Crippen molar-refractivity contribution in [1.29, 1.82) is 0 Å². The summed E-state index contributed by atoms with van der Waals surface area (Å²) in [6.07, 6.45) is 7.40. The van der Waals surface area contributed by atoms with E-state index in [1.54, 1.807) is 0 Å². The third kappa shape index (κ3) is 0.915. The number of anilines is 1. The number of hydrogen-bond acceptors (Lipinski definition) is 2. The first kappa shape index (κ1) is 8.22. The molecule has 1 aliphatic carbocycles. The molecule has 2 nitrogen and oxygen atoms in total. The van der Waals surface area contributed by atoms with Crippen LogP contribution < -0.4 is 10.6 Å². The molecule has 0 aromatic heterocycles. The molecule has 0 bridgehead atoms. The first-order valence-electron chi connectivity index (χ1n) is 5.66. The quantitative estimate of drug-likeness (QED) is 0.685. The number of benzene rings is 1. The van der Waals surface area contributed by atoms with Gasteiger partial charge in [0.2, 0.25) is 0 Å². The number of para-hydroxylation sites is 1. The molecule has 16 heavy (non-hydrogen) atoms. The zero-order valence-electron chi connectivity index (χ0n) is 8.83. The Labute approximate surface area is 94.4 Å². The Morgan fingerprint density at radius 3 is 3.12 bits per heavy atom. The van der Waals surface area contributed by atoms with Crippen molar-refractivity contribution in [3.05, 3.63) is 65.1 Å². The molecular weight excluding hydrogens is 196 g/mol. The van der Waals surface area contributed by atoms with E-state index in [4.69, 9.17) is 0 Å². The summed E-state index contributed by atoms with van der Waals surface area (Å²) in [4.78, 5) is 0. The number of hydrogen-bond donors (Lipinski definition) is 2. The normalized spacial score (nSPS) is 24.2. The Balaban J connectivity index is 1.89. The van der Waals surface area contributed by atoms with E-state index < -0.39 is 0 Å². The van der Waals surface area contributed by atoms with E-state index in [1.165, 1.54) is 28.2 Å². The lowest BCUT2D eigenvalue weighted by Crippen LogP contribution is -2.11. The minimum atomic E-state index is 0.532. The van der Waals surface area contributed by atoms with Gasteiger partial charge in [0.25, 0.3) is 0 Å². The molecule has 1 aromatic rings. The lowest BCUT2D eigenvalue weighted by Gasteiger charge is -2.11. The summed E-state index contributed by atoms with van der Waals surface area (Å²) in [5, 5.41) is 6.89. The molecule has 2 aliphatic heterocycles. The summed E-state index contributed by atoms with van der Waals surface area (Å²) in [7, 11) is 0. The number of allylic oxidation sites excluding steroid dienone is 4. The fraction of sp³-hybridized carbons (Fsp3) is 0.143. The van der Waals surface area contributed by atoms with E-state index in [9.17, 15) is 0 Å². The second kappa shape index (κ2) is 2.79. The number of fused-ring (bicyclic) bond motifs is 4. The van der Waals surface area contributed by atoms with Gasteiger partial charge >= 0.3 is 0 Å². The zero-order valence-corrected chi connectivity index (χ0v) is 8.83. The van der Waals surface area contributed by atoms with E-state index in [1.807, 2.05) is 6.20 Å². The molecule has 4 rings (SSSR count). The smallest absolute Gasteiger partial charge is 0.0615 e. The van der Waals surface area contributed by atoms with Crippen molar-refractivity contribution < 1.29 is 0 Å². The lowest BCUT2D eigenvalue weighted by atomic mass is 9.97. The van der Waals surface area contributed by atoms with Gasteiger partial charge in [0, 0.05) is 23.5 Å². The van der Waals surface area contributed by atoms with E-state index in [0.717, 1.165) is 6.42 Å². The van der Waals surface area contributed by atoms with Crippen LogP contribution in [-0.4, -0.2) is 0 Å². The highest BCUT2D eigenvalue weighted by atomic mass is 15.0. The second-order valence-electron chi connectivity index (χ2n) is 4.45. The van der Waals surface area contributed by atoms with E-state index in [2.05, 4.69) is 47.1 Å². The summed E-state index contributed by atoms with van der Waals surface area (Å²) >= 11 is 0. The molecule has 0 amide bonds.